The first kappa shape index (κ1) is 12.2. The zero-order valence-electron chi connectivity index (χ0n) is 9.74. The molecular formula is C13H15ClO3. The first-order valence-corrected chi connectivity index (χ1v) is 6.22. The van der Waals surface area contributed by atoms with E-state index < -0.39 is 11.3 Å². The molecule has 4 heteroatoms. The molecule has 1 atom stereocenters. The van der Waals surface area contributed by atoms with Crippen LogP contribution in [0.3, 0.4) is 0 Å². The summed E-state index contributed by atoms with van der Waals surface area (Å²) in [4.78, 5) is 11.5. The summed E-state index contributed by atoms with van der Waals surface area (Å²) in [6.45, 7) is 2.87. The summed E-state index contributed by atoms with van der Waals surface area (Å²) in [6, 6.07) is 5.63. The Balaban J connectivity index is 2.18. The molecule has 0 amide bonds. The van der Waals surface area contributed by atoms with Gasteiger partial charge < -0.3 is 9.47 Å². The Morgan fingerprint density at radius 1 is 1.59 bits per heavy atom. The van der Waals surface area contributed by atoms with Crippen molar-refractivity contribution in [1.82, 2.24) is 0 Å². The van der Waals surface area contributed by atoms with Gasteiger partial charge in [0.1, 0.15) is 5.75 Å². The van der Waals surface area contributed by atoms with Crippen LogP contribution < -0.4 is 4.74 Å². The predicted octanol–water partition coefficient (Wildman–Crippen LogP) is 2.85. The predicted molar refractivity (Wildman–Crippen MR) is 65.5 cm³/mol. The summed E-state index contributed by atoms with van der Waals surface area (Å²) in [7, 11) is 0. The summed E-state index contributed by atoms with van der Waals surface area (Å²) >= 11 is 6.06. The Bertz CT molecular complexity index is 417. The normalized spacial score (nSPS) is 15.6. The van der Waals surface area contributed by atoms with Crippen molar-refractivity contribution in [2.24, 2.45) is 0 Å². The molecule has 0 aliphatic carbocycles. The average Bonchev–Trinajstić information content (AvgIpc) is 2.37. The molecule has 0 radical (unpaired) electrons. The number of benzene rings is 1. The molecule has 2 rings (SSSR count). The highest BCUT2D eigenvalue weighted by Crippen LogP contribution is 2.30. The van der Waals surface area contributed by atoms with Crippen LogP contribution in [0.4, 0.5) is 0 Å². The van der Waals surface area contributed by atoms with E-state index in [1.807, 2.05) is 18.2 Å². The number of halogens is 1. The Hall–Kier alpha value is -1.22. The van der Waals surface area contributed by atoms with Crippen molar-refractivity contribution in [2.45, 2.75) is 25.1 Å². The van der Waals surface area contributed by atoms with Gasteiger partial charge in [0.25, 0.3) is 0 Å². The second-order valence-corrected chi connectivity index (χ2v) is 4.37. The number of esters is 1. The zero-order chi connectivity index (χ0) is 12.3. The highest BCUT2D eigenvalue weighted by molar-refractivity contribution is 6.29. The Kier molecular flexibility index (Phi) is 3.89. The van der Waals surface area contributed by atoms with Crippen LogP contribution in [0.2, 0.25) is 0 Å². The second-order valence-electron chi connectivity index (χ2n) is 3.93. The first-order valence-electron chi connectivity index (χ1n) is 5.78. The Morgan fingerprint density at radius 2 is 2.41 bits per heavy atom. The number of aryl methyl sites for hydroxylation is 1. The number of carbonyl (C=O) groups excluding carboxylic acids is 1. The van der Waals surface area contributed by atoms with E-state index in [0.717, 1.165) is 36.3 Å². The highest BCUT2D eigenvalue weighted by atomic mass is 35.5. The molecule has 3 nitrogen and oxygen atoms in total. The number of ether oxygens (including phenoxy) is 2. The fraction of sp³-hybridized carbons (Fsp3) is 0.462. The molecular weight excluding hydrogens is 240 g/mol. The lowest BCUT2D eigenvalue weighted by molar-refractivity contribution is -0.142. The number of hydrogen-bond acceptors (Lipinski definition) is 3. The lowest BCUT2D eigenvalue weighted by atomic mass is 10.0. The summed E-state index contributed by atoms with van der Waals surface area (Å²) in [5.41, 5.74) is 1.89. The molecule has 1 aliphatic heterocycles. The standard InChI is InChI=1S/C13H15ClO3/c1-2-16-13(15)12(14)10-5-6-11-9(8-10)4-3-7-17-11/h5-6,8,12H,2-4,7H2,1H3. The Morgan fingerprint density at radius 3 is 3.18 bits per heavy atom. The van der Waals surface area contributed by atoms with E-state index in [1.54, 1.807) is 6.92 Å². The van der Waals surface area contributed by atoms with Gasteiger partial charge in [0, 0.05) is 0 Å². The third kappa shape index (κ3) is 2.72. The lowest BCUT2D eigenvalue weighted by Gasteiger charge is -2.18. The molecule has 1 aromatic carbocycles. The smallest absolute Gasteiger partial charge is 0.328 e. The van der Waals surface area contributed by atoms with E-state index >= 15 is 0 Å². The van der Waals surface area contributed by atoms with Gasteiger partial charge in [-0.3, -0.25) is 4.79 Å². The topological polar surface area (TPSA) is 35.5 Å². The molecule has 1 aromatic rings. The van der Waals surface area contributed by atoms with Crippen LogP contribution in [0.15, 0.2) is 18.2 Å². The van der Waals surface area contributed by atoms with Crippen LogP contribution in [0.25, 0.3) is 0 Å². The number of alkyl halides is 1. The molecule has 0 spiro atoms. The quantitative estimate of drug-likeness (QED) is 0.615. The van der Waals surface area contributed by atoms with Crippen LogP contribution in [-0.2, 0) is 16.0 Å². The van der Waals surface area contributed by atoms with E-state index in [0.29, 0.717) is 6.61 Å². The van der Waals surface area contributed by atoms with E-state index in [9.17, 15) is 4.79 Å². The minimum absolute atomic E-state index is 0.343. The van der Waals surface area contributed by atoms with Crippen molar-refractivity contribution in [3.8, 4) is 5.75 Å². The van der Waals surface area contributed by atoms with Crippen molar-refractivity contribution < 1.29 is 14.3 Å². The molecule has 1 aliphatic rings. The SMILES string of the molecule is CCOC(=O)C(Cl)c1ccc2c(c1)CCCO2. The zero-order valence-corrected chi connectivity index (χ0v) is 10.5. The van der Waals surface area contributed by atoms with Crippen molar-refractivity contribution in [2.75, 3.05) is 13.2 Å². The van der Waals surface area contributed by atoms with Crippen molar-refractivity contribution in [1.29, 1.82) is 0 Å². The van der Waals surface area contributed by atoms with Gasteiger partial charge in [0.2, 0.25) is 0 Å². The third-order valence-electron chi connectivity index (χ3n) is 2.72. The maximum Gasteiger partial charge on any atom is 0.328 e. The van der Waals surface area contributed by atoms with Crippen LogP contribution in [-0.4, -0.2) is 19.2 Å². The molecule has 0 saturated heterocycles. The lowest BCUT2D eigenvalue weighted by Crippen LogP contribution is -2.13. The van der Waals surface area contributed by atoms with Gasteiger partial charge in [-0.15, -0.1) is 11.6 Å². The molecule has 0 fully saturated rings. The second kappa shape index (κ2) is 5.41. The minimum atomic E-state index is -0.734. The van der Waals surface area contributed by atoms with E-state index in [1.165, 1.54) is 0 Å². The number of rotatable bonds is 3. The van der Waals surface area contributed by atoms with E-state index in [2.05, 4.69) is 0 Å². The van der Waals surface area contributed by atoms with Gasteiger partial charge >= 0.3 is 5.97 Å². The highest BCUT2D eigenvalue weighted by Gasteiger charge is 2.21. The number of carbonyl (C=O) groups is 1. The summed E-state index contributed by atoms with van der Waals surface area (Å²) in [6.07, 6.45) is 1.97. The third-order valence-corrected chi connectivity index (χ3v) is 3.15. The van der Waals surface area contributed by atoms with Crippen LogP contribution >= 0.6 is 11.6 Å². The van der Waals surface area contributed by atoms with Crippen molar-refractivity contribution >= 4 is 17.6 Å². The number of hydrogen-bond donors (Lipinski definition) is 0. The van der Waals surface area contributed by atoms with Gasteiger partial charge in [-0.2, -0.15) is 0 Å². The number of fused-ring (bicyclic) bond motifs is 1. The Labute approximate surface area is 106 Å². The van der Waals surface area contributed by atoms with Gasteiger partial charge in [0.15, 0.2) is 5.38 Å². The molecule has 0 bridgehead atoms. The van der Waals surface area contributed by atoms with Crippen molar-refractivity contribution in [3.05, 3.63) is 29.3 Å². The average molecular weight is 255 g/mol. The monoisotopic (exact) mass is 254 g/mol. The maximum absolute atomic E-state index is 11.5. The molecule has 0 N–H and O–H groups in total. The van der Waals surface area contributed by atoms with Crippen LogP contribution in [0, 0.1) is 0 Å². The molecule has 1 unspecified atom stereocenters. The van der Waals surface area contributed by atoms with Crippen LogP contribution in [0.5, 0.6) is 5.75 Å². The summed E-state index contributed by atoms with van der Waals surface area (Å²) < 4.78 is 10.4. The fourth-order valence-electron chi connectivity index (χ4n) is 1.89. The maximum atomic E-state index is 11.5. The largest absolute Gasteiger partial charge is 0.493 e. The first-order chi connectivity index (χ1) is 8.22. The molecule has 0 saturated carbocycles. The molecule has 92 valence electrons. The van der Waals surface area contributed by atoms with Gasteiger partial charge in [-0.1, -0.05) is 12.1 Å². The van der Waals surface area contributed by atoms with E-state index in [4.69, 9.17) is 21.1 Å². The molecule has 0 aromatic heterocycles. The van der Waals surface area contributed by atoms with Crippen molar-refractivity contribution in [3.63, 3.8) is 0 Å². The van der Waals surface area contributed by atoms with Crippen LogP contribution in [0.1, 0.15) is 29.8 Å². The van der Waals surface area contributed by atoms with Gasteiger partial charge in [-0.25, -0.2) is 0 Å². The molecule has 1 heterocycles. The summed E-state index contributed by atoms with van der Waals surface area (Å²) in [5, 5.41) is -0.734. The fourth-order valence-corrected chi connectivity index (χ4v) is 2.09. The summed E-state index contributed by atoms with van der Waals surface area (Å²) in [5.74, 6) is 0.499. The van der Waals surface area contributed by atoms with Gasteiger partial charge in [-0.05, 0) is 37.0 Å². The molecule has 17 heavy (non-hydrogen) atoms. The minimum Gasteiger partial charge on any atom is -0.493 e. The van der Waals surface area contributed by atoms with E-state index in [-0.39, 0.29) is 0 Å². The van der Waals surface area contributed by atoms with Gasteiger partial charge in [0.05, 0.1) is 13.2 Å².